The lowest BCUT2D eigenvalue weighted by atomic mass is 10.0. The minimum atomic E-state index is 0.0524. The van der Waals surface area contributed by atoms with Crippen molar-refractivity contribution >= 4 is 17.2 Å². The van der Waals surface area contributed by atoms with Crippen molar-refractivity contribution in [1.29, 1.82) is 0 Å². The van der Waals surface area contributed by atoms with Gasteiger partial charge in [-0.3, -0.25) is 4.79 Å². The molecule has 0 saturated heterocycles. The Balaban J connectivity index is 2.09. The minimum absolute atomic E-state index is 0.0524. The van der Waals surface area contributed by atoms with Crippen molar-refractivity contribution in [1.82, 2.24) is 14.6 Å². The van der Waals surface area contributed by atoms with Crippen LogP contribution in [0, 0.1) is 0 Å². The fourth-order valence-corrected chi connectivity index (χ4v) is 2.39. The zero-order chi connectivity index (χ0) is 15.5. The summed E-state index contributed by atoms with van der Waals surface area (Å²) in [4.78, 5) is 16.0. The quantitative estimate of drug-likeness (QED) is 0.732. The predicted molar refractivity (Wildman–Crippen MR) is 87.2 cm³/mol. The highest BCUT2D eigenvalue weighted by atomic mass is 16.1. The predicted octanol–water partition coefficient (Wildman–Crippen LogP) is 3.42. The number of hydrogen-bond donors (Lipinski definition) is 1. The number of rotatable bonds is 5. The van der Waals surface area contributed by atoms with E-state index in [0.29, 0.717) is 5.56 Å². The van der Waals surface area contributed by atoms with Gasteiger partial charge in [0.05, 0.1) is 6.20 Å². The van der Waals surface area contributed by atoms with Gasteiger partial charge in [-0.2, -0.15) is 9.61 Å². The molecule has 0 aliphatic heterocycles. The molecule has 0 saturated carbocycles. The van der Waals surface area contributed by atoms with Gasteiger partial charge in [0.1, 0.15) is 5.82 Å². The molecular weight excluding hydrogens is 276 g/mol. The maximum absolute atomic E-state index is 11.6. The first-order chi connectivity index (χ1) is 10.7. The molecule has 1 N–H and O–H groups in total. The molecular formula is C17H18N4O. The zero-order valence-corrected chi connectivity index (χ0v) is 12.7. The molecule has 0 aliphatic rings. The Bertz CT molecular complexity index is 822. The Kier molecular flexibility index (Phi) is 3.87. The van der Waals surface area contributed by atoms with E-state index in [0.717, 1.165) is 35.6 Å². The van der Waals surface area contributed by atoms with Crippen LogP contribution in [0.1, 0.15) is 30.6 Å². The van der Waals surface area contributed by atoms with E-state index in [2.05, 4.69) is 22.3 Å². The van der Waals surface area contributed by atoms with Gasteiger partial charge in [0.25, 0.3) is 0 Å². The van der Waals surface area contributed by atoms with E-state index in [9.17, 15) is 4.79 Å². The smallest absolute Gasteiger partial charge is 0.165 e. The van der Waals surface area contributed by atoms with E-state index in [1.54, 1.807) is 23.8 Å². The molecule has 0 unspecified atom stereocenters. The van der Waals surface area contributed by atoms with Crippen molar-refractivity contribution in [3.63, 3.8) is 0 Å². The molecule has 3 rings (SSSR count). The summed E-state index contributed by atoms with van der Waals surface area (Å²) >= 11 is 0. The monoisotopic (exact) mass is 294 g/mol. The number of Topliss-reactive ketones (excluding diaryl/α,β-unsaturated/α-hetero) is 1. The zero-order valence-electron chi connectivity index (χ0n) is 12.7. The third-order valence-electron chi connectivity index (χ3n) is 3.54. The van der Waals surface area contributed by atoms with Crippen LogP contribution in [0.5, 0.6) is 0 Å². The molecule has 0 aliphatic carbocycles. The Hall–Kier alpha value is -2.69. The van der Waals surface area contributed by atoms with E-state index in [4.69, 9.17) is 0 Å². The number of ketones is 1. The molecule has 0 radical (unpaired) electrons. The molecule has 0 spiro atoms. The van der Waals surface area contributed by atoms with Gasteiger partial charge in [-0.15, -0.1) is 0 Å². The molecule has 0 atom stereocenters. The van der Waals surface area contributed by atoms with E-state index in [-0.39, 0.29) is 5.78 Å². The minimum Gasteiger partial charge on any atom is -0.370 e. The van der Waals surface area contributed by atoms with E-state index in [1.807, 2.05) is 30.3 Å². The van der Waals surface area contributed by atoms with Crippen LogP contribution in [0.4, 0.5) is 5.82 Å². The van der Waals surface area contributed by atoms with E-state index >= 15 is 0 Å². The summed E-state index contributed by atoms with van der Waals surface area (Å²) in [6, 6.07) is 9.46. The Labute approximate surface area is 129 Å². The molecule has 5 heteroatoms. The Morgan fingerprint density at radius 3 is 2.95 bits per heavy atom. The molecule has 112 valence electrons. The van der Waals surface area contributed by atoms with Gasteiger partial charge in [-0.1, -0.05) is 25.1 Å². The molecule has 0 amide bonds. The van der Waals surface area contributed by atoms with Crippen molar-refractivity contribution in [2.75, 3.05) is 11.9 Å². The van der Waals surface area contributed by atoms with Crippen LogP contribution < -0.4 is 5.32 Å². The second-order valence-electron chi connectivity index (χ2n) is 5.19. The maximum Gasteiger partial charge on any atom is 0.165 e. The SMILES string of the molecule is CCCNc1ccnc2c(-c3cccc(C(C)=O)c3)cnn12. The molecule has 5 nitrogen and oxygen atoms in total. The third-order valence-corrected chi connectivity index (χ3v) is 3.54. The van der Waals surface area contributed by atoms with Crippen LogP contribution in [-0.4, -0.2) is 26.9 Å². The lowest BCUT2D eigenvalue weighted by Gasteiger charge is -2.07. The summed E-state index contributed by atoms with van der Waals surface area (Å²) in [6.07, 6.45) is 4.60. The average molecular weight is 294 g/mol. The average Bonchev–Trinajstić information content (AvgIpc) is 2.97. The van der Waals surface area contributed by atoms with Gasteiger partial charge in [-0.25, -0.2) is 4.98 Å². The van der Waals surface area contributed by atoms with Gasteiger partial charge < -0.3 is 5.32 Å². The van der Waals surface area contributed by atoms with Crippen LogP contribution in [0.2, 0.25) is 0 Å². The summed E-state index contributed by atoms with van der Waals surface area (Å²) in [7, 11) is 0. The highest BCUT2D eigenvalue weighted by Gasteiger charge is 2.11. The summed E-state index contributed by atoms with van der Waals surface area (Å²) < 4.78 is 1.80. The first kappa shape index (κ1) is 14.3. The number of aromatic nitrogens is 3. The van der Waals surface area contributed by atoms with Gasteiger partial charge in [-0.05, 0) is 31.0 Å². The third kappa shape index (κ3) is 2.57. The van der Waals surface area contributed by atoms with Crippen molar-refractivity contribution in [2.45, 2.75) is 20.3 Å². The van der Waals surface area contributed by atoms with Gasteiger partial charge in [0.2, 0.25) is 0 Å². The number of fused-ring (bicyclic) bond motifs is 1. The number of benzene rings is 1. The molecule has 2 aromatic heterocycles. The number of hydrogen-bond acceptors (Lipinski definition) is 4. The number of carbonyl (C=O) groups excluding carboxylic acids is 1. The molecule has 1 aromatic carbocycles. The summed E-state index contributed by atoms with van der Waals surface area (Å²) in [5, 5.41) is 7.77. The van der Waals surface area contributed by atoms with E-state index in [1.165, 1.54) is 0 Å². The van der Waals surface area contributed by atoms with Crippen LogP contribution in [0.3, 0.4) is 0 Å². The Morgan fingerprint density at radius 1 is 1.32 bits per heavy atom. The second-order valence-corrected chi connectivity index (χ2v) is 5.19. The first-order valence-corrected chi connectivity index (χ1v) is 7.38. The molecule has 3 aromatic rings. The van der Waals surface area contributed by atoms with Crippen LogP contribution in [0.25, 0.3) is 16.8 Å². The molecule has 2 heterocycles. The molecule has 22 heavy (non-hydrogen) atoms. The normalized spacial score (nSPS) is 10.8. The lowest BCUT2D eigenvalue weighted by molar-refractivity contribution is 0.101. The van der Waals surface area contributed by atoms with Crippen molar-refractivity contribution in [2.24, 2.45) is 0 Å². The van der Waals surface area contributed by atoms with Gasteiger partial charge in [0.15, 0.2) is 11.4 Å². The lowest BCUT2D eigenvalue weighted by Crippen LogP contribution is -2.06. The van der Waals surface area contributed by atoms with Gasteiger partial charge in [0, 0.05) is 23.9 Å². The largest absolute Gasteiger partial charge is 0.370 e. The van der Waals surface area contributed by atoms with Crippen molar-refractivity contribution < 1.29 is 4.79 Å². The van der Waals surface area contributed by atoms with Crippen molar-refractivity contribution in [3.8, 4) is 11.1 Å². The Morgan fingerprint density at radius 2 is 2.18 bits per heavy atom. The number of anilines is 1. The number of nitrogens with one attached hydrogen (secondary N) is 1. The summed E-state index contributed by atoms with van der Waals surface area (Å²) in [5.41, 5.74) is 3.34. The fourth-order valence-electron chi connectivity index (χ4n) is 2.39. The molecule has 0 fully saturated rings. The topological polar surface area (TPSA) is 59.3 Å². The maximum atomic E-state index is 11.6. The van der Waals surface area contributed by atoms with Gasteiger partial charge >= 0.3 is 0 Å². The van der Waals surface area contributed by atoms with Crippen LogP contribution >= 0.6 is 0 Å². The van der Waals surface area contributed by atoms with Crippen LogP contribution in [-0.2, 0) is 0 Å². The highest BCUT2D eigenvalue weighted by molar-refractivity contribution is 5.95. The van der Waals surface area contributed by atoms with Crippen LogP contribution in [0.15, 0.2) is 42.7 Å². The first-order valence-electron chi connectivity index (χ1n) is 7.38. The van der Waals surface area contributed by atoms with Crippen molar-refractivity contribution in [3.05, 3.63) is 48.3 Å². The number of nitrogens with zero attached hydrogens (tertiary/aromatic N) is 3. The second kappa shape index (κ2) is 5.97. The number of carbonyl (C=O) groups is 1. The molecule has 0 bridgehead atoms. The van der Waals surface area contributed by atoms with E-state index < -0.39 is 0 Å². The highest BCUT2D eigenvalue weighted by Crippen LogP contribution is 2.25. The summed E-state index contributed by atoms with van der Waals surface area (Å²) in [6.45, 7) is 4.57. The standard InChI is InChI=1S/C17H18N4O/c1-3-8-18-16-7-9-19-17-15(11-20-21(16)17)14-6-4-5-13(10-14)12(2)22/h4-7,9-11,18H,3,8H2,1-2H3. The fraction of sp³-hybridized carbons (Fsp3) is 0.235. The summed E-state index contributed by atoms with van der Waals surface area (Å²) in [5.74, 6) is 0.970.